The van der Waals surface area contributed by atoms with Crippen LogP contribution in [0.5, 0.6) is 0 Å². The highest BCUT2D eigenvalue weighted by Crippen LogP contribution is 2.23. The van der Waals surface area contributed by atoms with Crippen LogP contribution in [0.1, 0.15) is 44.1 Å². The average Bonchev–Trinajstić information content (AvgIpc) is 2.76. The van der Waals surface area contributed by atoms with Crippen LogP contribution in [-0.2, 0) is 11.2 Å². The van der Waals surface area contributed by atoms with Crippen LogP contribution >= 0.6 is 0 Å². The third-order valence-electron chi connectivity index (χ3n) is 4.12. The number of rotatable bonds is 5. The Kier molecular flexibility index (Phi) is 6.06. The zero-order chi connectivity index (χ0) is 14.2. The Labute approximate surface area is 121 Å². The highest BCUT2D eigenvalue weighted by Gasteiger charge is 2.22. The molecule has 1 aromatic carbocycles. The van der Waals surface area contributed by atoms with E-state index in [1.54, 1.807) is 0 Å². The first kappa shape index (κ1) is 15.0. The van der Waals surface area contributed by atoms with Gasteiger partial charge >= 0.3 is 0 Å². The van der Waals surface area contributed by atoms with Crippen molar-refractivity contribution >= 4 is 5.91 Å². The lowest BCUT2D eigenvalue weighted by molar-refractivity contribution is -0.126. The topological polar surface area (TPSA) is 49.3 Å². The molecule has 1 aromatic rings. The minimum absolute atomic E-state index is 0.00659. The summed E-state index contributed by atoms with van der Waals surface area (Å²) in [5.74, 6) is 0.268. The largest absolute Gasteiger partial charge is 0.394 e. The Balaban J connectivity index is 1.87. The van der Waals surface area contributed by atoms with E-state index in [9.17, 15) is 9.90 Å². The second-order valence-corrected chi connectivity index (χ2v) is 5.77. The van der Waals surface area contributed by atoms with Crippen molar-refractivity contribution in [1.82, 2.24) is 5.32 Å². The van der Waals surface area contributed by atoms with Crippen molar-refractivity contribution in [1.29, 1.82) is 0 Å². The lowest BCUT2D eigenvalue weighted by atomic mass is 9.98. The number of hydrogen-bond acceptors (Lipinski definition) is 2. The molecule has 1 atom stereocenters. The van der Waals surface area contributed by atoms with Gasteiger partial charge in [-0.25, -0.2) is 0 Å². The molecule has 1 aliphatic rings. The van der Waals surface area contributed by atoms with Crippen molar-refractivity contribution in [2.75, 3.05) is 6.61 Å². The molecule has 20 heavy (non-hydrogen) atoms. The Hall–Kier alpha value is -1.35. The van der Waals surface area contributed by atoms with Crippen LogP contribution < -0.4 is 5.32 Å². The molecule has 1 fully saturated rings. The summed E-state index contributed by atoms with van der Waals surface area (Å²) >= 11 is 0. The van der Waals surface area contributed by atoms with Crippen molar-refractivity contribution < 1.29 is 9.90 Å². The molecule has 2 rings (SSSR count). The van der Waals surface area contributed by atoms with Crippen molar-refractivity contribution in [3.63, 3.8) is 0 Å². The van der Waals surface area contributed by atoms with Gasteiger partial charge in [-0.05, 0) is 24.8 Å². The molecule has 3 heteroatoms. The van der Waals surface area contributed by atoms with E-state index in [1.807, 2.05) is 30.3 Å². The van der Waals surface area contributed by atoms with E-state index in [1.165, 1.54) is 12.8 Å². The summed E-state index contributed by atoms with van der Waals surface area (Å²) in [5.41, 5.74) is 1.15. The van der Waals surface area contributed by atoms with E-state index < -0.39 is 0 Å². The molecule has 0 heterocycles. The third kappa shape index (κ3) is 4.64. The first-order valence-corrected chi connectivity index (χ1v) is 7.74. The highest BCUT2D eigenvalue weighted by atomic mass is 16.3. The van der Waals surface area contributed by atoms with Gasteiger partial charge in [-0.3, -0.25) is 4.79 Å². The Bertz CT molecular complexity index is 397. The Morgan fingerprint density at radius 2 is 1.80 bits per heavy atom. The molecule has 2 N–H and O–H groups in total. The number of amides is 1. The summed E-state index contributed by atoms with van der Waals surface area (Å²) in [7, 11) is 0. The predicted molar refractivity (Wildman–Crippen MR) is 80.4 cm³/mol. The van der Waals surface area contributed by atoms with Gasteiger partial charge in [0, 0.05) is 5.92 Å². The van der Waals surface area contributed by atoms with E-state index in [4.69, 9.17) is 0 Å². The van der Waals surface area contributed by atoms with E-state index in [0.717, 1.165) is 31.2 Å². The number of aliphatic hydroxyl groups is 1. The van der Waals surface area contributed by atoms with Crippen LogP contribution in [0.25, 0.3) is 0 Å². The van der Waals surface area contributed by atoms with Crippen molar-refractivity contribution in [2.45, 2.75) is 51.0 Å². The van der Waals surface area contributed by atoms with Crippen LogP contribution in [0.15, 0.2) is 30.3 Å². The molecule has 0 radical (unpaired) electrons. The first-order chi connectivity index (χ1) is 9.79. The molecule has 1 saturated carbocycles. The molecule has 1 aliphatic carbocycles. The van der Waals surface area contributed by atoms with Crippen molar-refractivity contribution in [3.05, 3.63) is 35.9 Å². The molecule has 3 nitrogen and oxygen atoms in total. The number of carbonyl (C=O) groups is 1. The zero-order valence-corrected chi connectivity index (χ0v) is 12.1. The molecule has 110 valence electrons. The van der Waals surface area contributed by atoms with E-state index in [2.05, 4.69) is 5.32 Å². The predicted octanol–water partition coefficient (Wildman–Crippen LogP) is 2.68. The van der Waals surface area contributed by atoms with Gasteiger partial charge in [0.2, 0.25) is 5.91 Å². The van der Waals surface area contributed by atoms with Crippen LogP contribution in [-0.4, -0.2) is 23.7 Å². The SMILES string of the molecule is O=C(N[C@@H](CO)Cc1ccccc1)C1CCCCCC1. The molecular formula is C17H25NO2. The third-order valence-corrected chi connectivity index (χ3v) is 4.12. The first-order valence-electron chi connectivity index (χ1n) is 7.74. The maximum Gasteiger partial charge on any atom is 0.223 e. The molecule has 0 aromatic heterocycles. The number of benzene rings is 1. The monoisotopic (exact) mass is 275 g/mol. The maximum absolute atomic E-state index is 12.3. The van der Waals surface area contributed by atoms with Crippen LogP contribution in [0.4, 0.5) is 0 Å². The Morgan fingerprint density at radius 3 is 2.40 bits per heavy atom. The highest BCUT2D eigenvalue weighted by molar-refractivity contribution is 5.79. The second kappa shape index (κ2) is 8.05. The van der Waals surface area contributed by atoms with Crippen LogP contribution in [0.3, 0.4) is 0 Å². The van der Waals surface area contributed by atoms with E-state index in [0.29, 0.717) is 6.42 Å². The second-order valence-electron chi connectivity index (χ2n) is 5.77. The van der Waals surface area contributed by atoms with Gasteiger partial charge in [0.05, 0.1) is 12.6 Å². The summed E-state index contributed by atoms with van der Waals surface area (Å²) < 4.78 is 0. The van der Waals surface area contributed by atoms with E-state index in [-0.39, 0.29) is 24.5 Å². The van der Waals surface area contributed by atoms with Gasteiger partial charge in [-0.15, -0.1) is 0 Å². The molecule has 0 unspecified atom stereocenters. The van der Waals surface area contributed by atoms with Crippen molar-refractivity contribution in [2.24, 2.45) is 5.92 Å². The fourth-order valence-corrected chi connectivity index (χ4v) is 2.92. The average molecular weight is 275 g/mol. The number of carbonyl (C=O) groups excluding carboxylic acids is 1. The summed E-state index contributed by atoms with van der Waals surface area (Å²) in [4.78, 5) is 12.3. The lowest BCUT2D eigenvalue weighted by Gasteiger charge is -2.20. The molecule has 0 saturated heterocycles. The Morgan fingerprint density at radius 1 is 1.15 bits per heavy atom. The number of aliphatic hydroxyl groups excluding tert-OH is 1. The van der Waals surface area contributed by atoms with Gasteiger partial charge in [0.1, 0.15) is 0 Å². The van der Waals surface area contributed by atoms with Gasteiger partial charge in [0.25, 0.3) is 0 Å². The van der Waals surface area contributed by atoms with Gasteiger partial charge in [-0.1, -0.05) is 56.0 Å². The summed E-state index contributed by atoms with van der Waals surface area (Å²) in [5, 5.41) is 12.5. The summed E-state index contributed by atoms with van der Waals surface area (Å²) in [6, 6.07) is 9.82. The summed E-state index contributed by atoms with van der Waals surface area (Å²) in [6.07, 6.45) is 7.48. The van der Waals surface area contributed by atoms with Crippen molar-refractivity contribution in [3.8, 4) is 0 Å². The fourth-order valence-electron chi connectivity index (χ4n) is 2.92. The number of hydrogen-bond donors (Lipinski definition) is 2. The smallest absolute Gasteiger partial charge is 0.223 e. The number of nitrogens with one attached hydrogen (secondary N) is 1. The lowest BCUT2D eigenvalue weighted by Crippen LogP contribution is -2.42. The van der Waals surface area contributed by atoms with E-state index >= 15 is 0 Å². The minimum Gasteiger partial charge on any atom is -0.394 e. The van der Waals surface area contributed by atoms with Gasteiger partial charge in [0.15, 0.2) is 0 Å². The van der Waals surface area contributed by atoms with Gasteiger partial charge in [-0.2, -0.15) is 0 Å². The fraction of sp³-hybridized carbons (Fsp3) is 0.588. The molecule has 0 aliphatic heterocycles. The van der Waals surface area contributed by atoms with Crippen LogP contribution in [0.2, 0.25) is 0 Å². The molecular weight excluding hydrogens is 250 g/mol. The zero-order valence-electron chi connectivity index (χ0n) is 12.1. The van der Waals surface area contributed by atoms with Crippen LogP contribution in [0, 0.1) is 5.92 Å². The molecule has 0 bridgehead atoms. The van der Waals surface area contributed by atoms with Gasteiger partial charge < -0.3 is 10.4 Å². The molecule has 1 amide bonds. The quantitative estimate of drug-likeness (QED) is 0.812. The maximum atomic E-state index is 12.3. The minimum atomic E-state index is -0.173. The standard InChI is InChI=1S/C17H25NO2/c19-13-16(12-14-8-4-3-5-9-14)18-17(20)15-10-6-1-2-7-11-15/h3-5,8-9,15-16,19H,1-2,6-7,10-13H2,(H,18,20)/t16-/m1/s1. The summed E-state index contributed by atoms with van der Waals surface area (Å²) in [6.45, 7) is -0.00659. The normalized spacial score (nSPS) is 18.2. The molecule has 0 spiro atoms.